The van der Waals surface area contributed by atoms with Crippen molar-refractivity contribution in [3.05, 3.63) is 95.1 Å². The Bertz CT molecular complexity index is 3240. The molecule has 20 heteroatoms. The van der Waals surface area contributed by atoms with E-state index in [4.69, 9.17) is 18.4 Å². The second-order valence-electron chi connectivity index (χ2n) is 26.4. The van der Waals surface area contributed by atoms with Gasteiger partial charge >= 0.3 is 28.0 Å². The molecule has 0 spiro atoms. The molecule has 1 saturated heterocycles. The van der Waals surface area contributed by atoms with Crippen LogP contribution in [0.1, 0.15) is 183 Å². The Balaban J connectivity index is 0.000000168. The summed E-state index contributed by atoms with van der Waals surface area (Å²) in [6.07, 6.45) is 13.2. The van der Waals surface area contributed by atoms with Crippen molar-refractivity contribution < 1.29 is 81.6 Å². The van der Waals surface area contributed by atoms with Gasteiger partial charge in [0.1, 0.15) is 56.7 Å². The number of benzene rings is 4. The second-order valence-corrected chi connectivity index (χ2v) is 29.4. The van der Waals surface area contributed by atoms with Crippen LogP contribution >= 0.6 is 0 Å². The summed E-state index contributed by atoms with van der Waals surface area (Å²) in [5.74, 6) is -7.97. The van der Waals surface area contributed by atoms with Gasteiger partial charge in [0.05, 0.1) is 16.7 Å². The molecule has 7 fully saturated rings. The van der Waals surface area contributed by atoms with E-state index in [2.05, 4.69) is 57.6 Å². The number of aromatic hydroxyl groups is 1. The molecule has 1 heterocycles. The minimum Gasteiger partial charge on any atom is -0.744 e. The van der Waals surface area contributed by atoms with Crippen molar-refractivity contribution in [3.8, 4) is 17.2 Å². The standard InChI is InChI=1S/C19H32O2.C18H18F4O7S2.C14H20O4.C14H16O/c1-6-17(2,3)16(20)21-18(4,5)19-10-13-7-14(11-19)9-15(8-13)12-19;1-3-10(2)11-4-6-12(7-5-11)29-30(23,24)9-8-28-17-13(19)15(21)18(31(25,26)27)16(22)14(17)20;1-4-14(2,3)13(16)18-10-7-5-8-9(6-7)12(15)17-11(8)10;1-3-10(2)11-4-5-13-9-14(15)7-6-12(13)8-11/h13-15H,6-12H2,1-5H3;4-7,10H,3,8-9H2,1-2H3,(H,25,26,27);7-11H,4-6H2,1-3H3;4-10,15H,3H2,1-2H3/p-1. The number of phenols is 1. The number of halogens is 4. The van der Waals surface area contributed by atoms with Crippen LogP contribution in [-0.4, -0.2) is 74.6 Å². The number of carbonyl (C=O) groups is 3. The molecule has 0 aromatic heterocycles. The van der Waals surface area contributed by atoms with Crippen molar-refractivity contribution in [1.29, 1.82) is 0 Å². The SMILES string of the molecule is CCC(C)(C)C(=O)OC(C)(C)C12CC3CC(CC(C3)C1)C2.CCC(C)(C)C(=O)OC1C2CC3C(=O)OC1C3C2.CCC(C)c1ccc(OS(=O)(=O)CCOc2c(F)c(F)c(S(=O)(=O)[O-])c(F)c2F)cc1.CCC(C)c1ccc2cc(O)ccc2c1. The highest BCUT2D eigenvalue weighted by atomic mass is 32.2. The molecule has 7 atom stereocenters. The first-order valence-electron chi connectivity index (χ1n) is 29.9. The van der Waals surface area contributed by atoms with Crippen LogP contribution in [0.25, 0.3) is 10.8 Å². The van der Waals surface area contributed by atoms with Gasteiger partial charge in [0.25, 0.3) is 0 Å². The van der Waals surface area contributed by atoms with Gasteiger partial charge in [-0.15, -0.1) is 0 Å². The third-order valence-corrected chi connectivity index (χ3v) is 21.5. The number of ether oxygens (including phenoxy) is 4. The van der Waals surface area contributed by atoms with Gasteiger partial charge in [-0.2, -0.15) is 17.2 Å². The summed E-state index contributed by atoms with van der Waals surface area (Å²) in [5, 5.41) is 11.7. The van der Waals surface area contributed by atoms with E-state index in [1.165, 1.54) is 61.6 Å². The monoisotopic (exact) mass is 1230 g/mol. The highest BCUT2D eigenvalue weighted by Crippen LogP contribution is 2.64. The molecule has 1 aliphatic heterocycles. The lowest BCUT2D eigenvalue weighted by atomic mass is 9.46. The van der Waals surface area contributed by atoms with Crippen LogP contribution in [0.3, 0.4) is 0 Å². The summed E-state index contributed by atoms with van der Waals surface area (Å²) in [5.41, 5.74) is 1.45. The maximum atomic E-state index is 13.8. The quantitative estimate of drug-likeness (QED) is 0.0245. The Hall–Kier alpha value is -5.47. The van der Waals surface area contributed by atoms with E-state index < -0.39 is 71.9 Å². The molecule has 1 N–H and O–H groups in total. The third-order valence-electron chi connectivity index (χ3n) is 19.5. The third kappa shape index (κ3) is 14.9. The van der Waals surface area contributed by atoms with Gasteiger partial charge < -0.3 is 32.8 Å². The predicted molar refractivity (Wildman–Crippen MR) is 312 cm³/mol. The molecule has 11 rings (SSSR count). The van der Waals surface area contributed by atoms with Gasteiger partial charge in [-0.1, -0.05) is 77.9 Å². The molecule has 6 aliphatic carbocycles. The van der Waals surface area contributed by atoms with Crippen LogP contribution in [0.5, 0.6) is 17.2 Å². The Kier molecular flexibility index (Phi) is 20.6. The van der Waals surface area contributed by atoms with Crippen LogP contribution in [-0.2, 0) is 48.8 Å². The lowest BCUT2D eigenvalue weighted by Gasteiger charge is -2.61. The van der Waals surface area contributed by atoms with E-state index >= 15 is 0 Å². The van der Waals surface area contributed by atoms with Gasteiger partial charge in [0, 0.05) is 17.3 Å². The fraction of sp³-hybridized carbons (Fsp3) is 0.615. The van der Waals surface area contributed by atoms with Crippen molar-refractivity contribution >= 4 is 48.9 Å². The molecule has 7 aliphatic rings. The fourth-order valence-electron chi connectivity index (χ4n) is 13.2. The summed E-state index contributed by atoms with van der Waals surface area (Å²) in [6.45, 7) is 23.6. The number of fused-ring (bicyclic) bond motifs is 2. The fourth-order valence-corrected chi connectivity index (χ4v) is 14.6. The Labute approximate surface area is 499 Å². The van der Waals surface area contributed by atoms with Crippen molar-refractivity contribution in [2.24, 2.45) is 51.8 Å². The first kappa shape index (κ1) is 67.0. The van der Waals surface area contributed by atoms with Crippen LogP contribution in [0.4, 0.5) is 17.6 Å². The first-order valence-corrected chi connectivity index (χ1v) is 32.9. The van der Waals surface area contributed by atoms with Crippen LogP contribution in [0, 0.1) is 75.0 Å². The van der Waals surface area contributed by atoms with E-state index in [1.807, 2.05) is 54.5 Å². The average molecular weight is 1230 g/mol. The van der Waals surface area contributed by atoms with Crippen LogP contribution in [0.2, 0.25) is 0 Å². The molecule has 7 unspecified atom stereocenters. The van der Waals surface area contributed by atoms with Crippen LogP contribution in [0.15, 0.2) is 65.6 Å². The summed E-state index contributed by atoms with van der Waals surface area (Å²) < 4.78 is 138. The molecule has 0 amide bonds. The van der Waals surface area contributed by atoms with Crippen molar-refractivity contribution in [2.45, 2.75) is 195 Å². The molecular formula is C65H85F4O14S2-. The minimum atomic E-state index is -5.87. The van der Waals surface area contributed by atoms with Gasteiger partial charge in [0.15, 0.2) is 17.4 Å². The Morgan fingerprint density at radius 1 is 0.706 bits per heavy atom. The smallest absolute Gasteiger partial charge is 0.312 e. The van der Waals surface area contributed by atoms with Gasteiger partial charge in [-0.3, -0.25) is 14.4 Å². The number of esters is 3. The number of phenolic OH excluding ortho intramolecular Hbond substituents is 1. The average Bonchev–Trinajstić information content (AvgIpc) is 3.56. The zero-order chi connectivity index (χ0) is 62.9. The number of hydrogen-bond acceptors (Lipinski definition) is 14. The zero-order valence-electron chi connectivity index (χ0n) is 51.0. The van der Waals surface area contributed by atoms with Crippen molar-refractivity contribution in [1.82, 2.24) is 0 Å². The molecule has 4 aromatic carbocycles. The molecule has 0 radical (unpaired) electrons. The summed E-state index contributed by atoms with van der Waals surface area (Å²) in [7, 11) is -10.2. The number of hydrogen-bond donors (Lipinski definition) is 1. The van der Waals surface area contributed by atoms with E-state index in [-0.39, 0.29) is 64.1 Å². The van der Waals surface area contributed by atoms with E-state index in [0.29, 0.717) is 23.5 Å². The molecule has 6 bridgehead atoms. The van der Waals surface area contributed by atoms with Gasteiger partial charge in [-0.05, 0) is 194 Å². The molecule has 14 nitrogen and oxygen atoms in total. The normalized spacial score (nSPS) is 25.3. The second kappa shape index (κ2) is 26.1. The summed E-state index contributed by atoms with van der Waals surface area (Å²) >= 11 is 0. The van der Waals surface area contributed by atoms with E-state index in [0.717, 1.165) is 67.2 Å². The van der Waals surface area contributed by atoms with Crippen LogP contribution < -0.4 is 8.92 Å². The van der Waals surface area contributed by atoms with Gasteiger partial charge in [0.2, 0.25) is 11.6 Å². The number of carbonyl (C=O) groups excluding carboxylic acids is 3. The largest absolute Gasteiger partial charge is 0.744 e. The minimum absolute atomic E-state index is 0.00857. The first-order chi connectivity index (χ1) is 39.6. The molecule has 4 aromatic rings. The highest BCUT2D eigenvalue weighted by Gasteiger charge is 2.64. The van der Waals surface area contributed by atoms with Crippen molar-refractivity contribution in [2.75, 3.05) is 12.4 Å². The molecule has 6 saturated carbocycles. The summed E-state index contributed by atoms with van der Waals surface area (Å²) in [6, 6.07) is 18.1. The lowest BCUT2D eigenvalue weighted by molar-refractivity contribution is -0.206. The molecule has 85 heavy (non-hydrogen) atoms. The van der Waals surface area contributed by atoms with E-state index in [1.54, 1.807) is 24.3 Å². The topological polar surface area (TPSA) is 209 Å². The molecular weight excluding hydrogens is 1140 g/mol. The Morgan fingerprint density at radius 2 is 1.21 bits per heavy atom. The van der Waals surface area contributed by atoms with E-state index in [9.17, 15) is 58.4 Å². The highest BCUT2D eigenvalue weighted by molar-refractivity contribution is 7.87. The number of rotatable bonds is 18. The Morgan fingerprint density at radius 3 is 1.74 bits per heavy atom. The maximum absolute atomic E-state index is 13.8. The zero-order valence-corrected chi connectivity index (χ0v) is 52.7. The summed E-state index contributed by atoms with van der Waals surface area (Å²) in [4.78, 5) is 34.0. The molecule has 470 valence electrons. The lowest BCUT2D eigenvalue weighted by Crippen LogP contribution is -2.58. The van der Waals surface area contributed by atoms with Crippen molar-refractivity contribution in [3.63, 3.8) is 0 Å². The van der Waals surface area contributed by atoms with Gasteiger partial charge in [-0.25, -0.2) is 17.2 Å². The predicted octanol–water partition coefficient (Wildman–Crippen LogP) is 14.4. The maximum Gasteiger partial charge on any atom is 0.312 e.